The van der Waals surface area contributed by atoms with Gasteiger partial charge in [-0.3, -0.25) is 10.1 Å². The largest absolute Gasteiger partial charge is 0.323 e. The van der Waals surface area contributed by atoms with Gasteiger partial charge < -0.3 is 5.73 Å². The third kappa shape index (κ3) is 2.28. The van der Waals surface area contributed by atoms with Crippen molar-refractivity contribution in [2.75, 3.05) is 0 Å². The summed E-state index contributed by atoms with van der Waals surface area (Å²) in [5.41, 5.74) is 6.24. The van der Waals surface area contributed by atoms with Gasteiger partial charge in [0.05, 0.1) is 17.4 Å². The Hall–Kier alpha value is -1.93. The fourth-order valence-electron chi connectivity index (χ4n) is 1.09. The van der Waals surface area contributed by atoms with Crippen LogP contribution in [0.2, 0.25) is 0 Å². The molecule has 1 atom stereocenters. The number of hydrogen-bond donors (Lipinski definition) is 1. The summed E-state index contributed by atoms with van der Waals surface area (Å²) < 4.78 is 0. The fraction of sp³-hybridized carbons (Fsp3) is 0.222. The molecule has 14 heavy (non-hydrogen) atoms. The van der Waals surface area contributed by atoms with E-state index >= 15 is 0 Å². The summed E-state index contributed by atoms with van der Waals surface area (Å²) in [6, 6.07) is 7.48. The van der Waals surface area contributed by atoms with Gasteiger partial charge in [-0.2, -0.15) is 5.26 Å². The molecule has 0 amide bonds. The monoisotopic (exact) mass is 191 g/mol. The summed E-state index contributed by atoms with van der Waals surface area (Å²) in [7, 11) is 0. The first kappa shape index (κ1) is 10.2. The molecule has 0 saturated carbocycles. The first-order chi connectivity index (χ1) is 6.65. The second-order valence-corrected chi connectivity index (χ2v) is 2.82. The second-order valence-electron chi connectivity index (χ2n) is 2.82. The first-order valence-electron chi connectivity index (χ1n) is 4.02. The normalized spacial score (nSPS) is 11.7. The lowest BCUT2D eigenvalue weighted by Crippen LogP contribution is -2.09. The highest BCUT2D eigenvalue weighted by molar-refractivity contribution is 5.35. The van der Waals surface area contributed by atoms with E-state index in [-0.39, 0.29) is 12.1 Å². The van der Waals surface area contributed by atoms with Crippen LogP contribution in [0.5, 0.6) is 0 Å². The van der Waals surface area contributed by atoms with Gasteiger partial charge in [-0.1, -0.05) is 12.1 Å². The number of nitro groups is 1. The molecule has 0 aliphatic heterocycles. The predicted molar refractivity (Wildman–Crippen MR) is 50.3 cm³/mol. The molecule has 1 rings (SSSR count). The minimum atomic E-state index is -0.484. The Morgan fingerprint density at radius 1 is 1.64 bits per heavy atom. The van der Waals surface area contributed by atoms with Crippen LogP contribution in [0.15, 0.2) is 24.3 Å². The molecule has 5 nitrogen and oxygen atoms in total. The Kier molecular flexibility index (Phi) is 3.15. The van der Waals surface area contributed by atoms with E-state index in [1.807, 2.05) is 6.07 Å². The predicted octanol–water partition coefficient (Wildman–Crippen LogP) is 1.51. The number of nitro benzene ring substituents is 1. The van der Waals surface area contributed by atoms with Gasteiger partial charge in [-0.05, 0) is 5.56 Å². The molecule has 0 bridgehead atoms. The zero-order valence-electron chi connectivity index (χ0n) is 7.38. The number of non-ortho nitro benzene ring substituents is 1. The van der Waals surface area contributed by atoms with E-state index in [9.17, 15) is 10.1 Å². The van der Waals surface area contributed by atoms with Crippen molar-refractivity contribution in [3.8, 4) is 6.07 Å². The lowest BCUT2D eigenvalue weighted by Gasteiger charge is -2.06. The van der Waals surface area contributed by atoms with E-state index in [0.717, 1.165) is 0 Å². The summed E-state index contributed by atoms with van der Waals surface area (Å²) >= 11 is 0. The molecular weight excluding hydrogens is 182 g/mol. The van der Waals surface area contributed by atoms with Crippen molar-refractivity contribution in [2.24, 2.45) is 5.73 Å². The standard InChI is InChI=1S/C9H9N3O2/c10-5-4-9(11)7-2-1-3-8(6-7)12(13)14/h1-3,6,9H,4,11H2/t9-/m0/s1. The SMILES string of the molecule is N#CC[C@H](N)c1cccc([N+](=O)[O-])c1. The molecule has 0 radical (unpaired) electrons. The van der Waals surface area contributed by atoms with Crippen LogP contribution in [0.3, 0.4) is 0 Å². The topological polar surface area (TPSA) is 93.0 Å². The van der Waals surface area contributed by atoms with Crippen LogP contribution in [0.1, 0.15) is 18.0 Å². The minimum absolute atomic E-state index is 0.00381. The molecule has 2 N–H and O–H groups in total. The van der Waals surface area contributed by atoms with Crippen LogP contribution < -0.4 is 5.73 Å². The smallest absolute Gasteiger partial charge is 0.269 e. The molecule has 5 heteroatoms. The van der Waals surface area contributed by atoms with E-state index in [1.54, 1.807) is 12.1 Å². The molecule has 0 heterocycles. The molecule has 0 aliphatic carbocycles. The van der Waals surface area contributed by atoms with Crippen molar-refractivity contribution < 1.29 is 4.92 Å². The van der Waals surface area contributed by atoms with Crippen molar-refractivity contribution in [2.45, 2.75) is 12.5 Å². The Bertz CT molecular complexity index is 384. The van der Waals surface area contributed by atoms with E-state index in [0.29, 0.717) is 5.56 Å². The van der Waals surface area contributed by atoms with Gasteiger partial charge in [0, 0.05) is 18.2 Å². The number of hydrogen-bond acceptors (Lipinski definition) is 4. The van der Waals surface area contributed by atoms with Gasteiger partial charge in [0.1, 0.15) is 0 Å². The molecule has 1 aromatic carbocycles. The maximum atomic E-state index is 10.4. The Morgan fingerprint density at radius 3 is 2.93 bits per heavy atom. The van der Waals surface area contributed by atoms with Crippen LogP contribution >= 0.6 is 0 Å². The zero-order valence-corrected chi connectivity index (χ0v) is 7.38. The Balaban J connectivity index is 2.94. The first-order valence-corrected chi connectivity index (χ1v) is 4.02. The van der Waals surface area contributed by atoms with Crippen molar-refractivity contribution >= 4 is 5.69 Å². The van der Waals surface area contributed by atoms with Gasteiger partial charge >= 0.3 is 0 Å². The third-order valence-electron chi connectivity index (χ3n) is 1.82. The quantitative estimate of drug-likeness (QED) is 0.578. The molecule has 0 unspecified atom stereocenters. The van der Waals surface area contributed by atoms with E-state index in [1.165, 1.54) is 12.1 Å². The summed E-state index contributed by atoms with van der Waals surface area (Å²) in [4.78, 5) is 9.95. The Labute approximate surface area is 80.9 Å². The lowest BCUT2D eigenvalue weighted by atomic mass is 10.1. The number of nitrogens with zero attached hydrogens (tertiary/aromatic N) is 2. The van der Waals surface area contributed by atoms with Crippen molar-refractivity contribution in [1.29, 1.82) is 5.26 Å². The van der Waals surface area contributed by atoms with Gasteiger partial charge in [0.25, 0.3) is 5.69 Å². The number of rotatable bonds is 3. The molecule has 1 aromatic rings. The average Bonchev–Trinajstić information content (AvgIpc) is 2.18. The van der Waals surface area contributed by atoms with E-state index in [2.05, 4.69) is 0 Å². The van der Waals surface area contributed by atoms with Crippen LogP contribution in [0, 0.1) is 21.4 Å². The molecular formula is C9H9N3O2. The highest BCUT2D eigenvalue weighted by Crippen LogP contribution is 2.19. The van der Waals surface area contributed by atoms with Gasteiger partial charge in [-0.25, -0.2) is 0 Å². The van der Waals surface area contributed by atoms with Crippen molar-refractivity contribution in [3.05, 3.63) is 39.9 Å². The summed E-state index contributed by atoms with van der Waals surface area (Å²) in [5.74, 6) is 0. The summed E-state index contributed by atoms with van der Waals surface area (Å²) in [6.07, 6.45) is 0.154. The van der Waals surface area contributed by atoms with Gasteiger partial charge in [-0.15, -0.1) is 0 Å². The highest BCUT2D eigenvalue weighted by atomic mass is 16.6. The highest BCUT2D eigenvalue weighted by Gasteiger charge is 2.10. The third-order valence-corrected chi connectivity index (χ3v) is 1.82. The maximum absolute atomic E-state index is 10.4. The minimum Gasteiger partial charge on any atom is -0.323 e. The molecule has 0 aliphatic rings. The van der Waals surface area contributed by atoms with E-state index < -0.39 is 11.0 Å². The lowest BCUT2D eigenvalue weighted by molar-refractivity contribution is -0.384. The summed E-state index contributed by atoms with van der Waals surface area (Å²) in [6.45, 7) is 0. The van der Waals surface area contributed by atoms with E-state index in [4.69, 9.17) is 11.0 Å². The Morgan fingerprint density at radius 2 is 2.36 bits per heavy atom. The van der Waals surface area contributed by atoms with Crippen LogP contribution in [-0.2, 0) is 0 Å². The number of nitriles is 1. The molecule has 72 valence electrons. The van der Waals surface area contributed by atoms with Crippen LogP contribution in [0.25, 0.3) is 0 Å². The second kappa shape index (κ2) is 4.35. The van der Waals surface area contributed by atoms with Gasteiger partial charge in [0.15, 0.2) is 0 Å². The molecule has 0 aromatic heterocycles. The van der Waals surface area contributed by atoms with Crippen molar-refractivity contribution in [1.82, 2.24) is 0 Å². The van der Waals surface area contributed by atoms with Crippen LogP contribution in [-0.4, -0.2) is 4.92 Å². The fourth-order valence-corrected chi connectivity index (χ4v) is 1.09. The number of benzene rings is 1. The maximum Gasteiger partial charge on any atom is 0.269 e. The zero-order chi connectivity index (χ0) is 10.6. The molecule has 0 fully saturated rings. The van der Waals surface area contributed by atoms with Crippen molar-refractivity contribution in [3.63, 3.8) is 0 Å². The summed E-state index contributed by atoms with van der Waals surface area (Å²) in [5, 5.41) is 18.8. The number of nitrogens with two attached hydrogens (primary N) is 1. The average molecular weight is 191 g/mol. The van der Waals surface area contributed by atoms with Crippen LogP contribution in [0.4, 0.5) is 5.69 Å². The molecule has 0 spiro atoms. The molecule has 0 saturated heterocycles. The van der Waals surface area contributed by atoms with Gasteiger partial charge in [0.2, 0.25) is 0 Å².